The van der Waals surface area contributed by atoms with Crippen molar-refractivity contribution in [3.05, 3.63) is 65.5 Å². The molecule has 2 N–H and O–H groups in total. The van der Waals surface area contributed by atoms with Crippen molar-refractivity contribution in [1.29, 1.82) is 0 Å². The monoisotopic (exact) mass is 374 g/mol. The van der Waals surface area contributed by atoms with Gasteiger partial charge in [-0.1, -0.05) is 24.3 Å². The number of ether oxygens (including phenoxy) is 2. The lowest BCUT2D eigenvalue weighted by atomic mass is 10.2. The Morgan fingerprint density at radius 3 is 2.41 bits per heavy atom. The predicted molar refractivity (Wildman–Crippen MR) is 94.5 cm³/mol. The van der Waals surface area contributed by atoms with Gasteiger partial charge >= 0.3 is 5.97 Å². The van der Waals surface area contributed by atoms with Crippen LogP contribution in [0.5, 0.6) is 5.75 Å². The molecular weight excluding hydrogens is 355 g/mol. The van der Waals surface area contributed by atoms with Gasteiger partial charge in [0.05, 0.1) is 12.7 Å². The van der Waals surface area contributed by atoms with Crippen LogP contribution in [0.3, 0.4) is 0 Å². The molecule has 0 bridgehead atoms. The zero-order valence-electron chi connectivity index (χ0n) is 14.7. The molecular formula is C19H19FN2O5. The number of rotatable bonds is 8. The standard InChI is InChI=1S/C19H19FN2O5/c1-26-16-5-3-2-4-15(16)19(25)22-11-18(24)27-12-17(23)21-10-13-6-8-14(20)9-7-13/h2-9H,10-12H2,1H3,(H,21,23)(H,22,25). The van der Waals surface area contributed by atoms with Crippen molar-refractivity contribution in [3.8, 4) is 5.75 Å². The lowest BCUT2D eigenvalue weighted by Crippen LogP contribution is -2.33. The number of para-hydroxylation sites is 1. The van der Waals surface area contributed by atoms with Gasteiger partial charge in [-0.15, -0.1) is 0 Å². The van der Waals surface area contributed by atoms with Gasteiger partial charge in [0.2, 0.25) is 0 Å². The molecule has 2 rings (SSSR count). The minimum atomic E-state index is -0.754. The topological polar surface area (TPSA) is 93.7 Å². The van der Waals surface area contributed by atoms with Crippen LogP contribution in [0.25, 0.3) is 0 Å². The lowest BCUT2D eigenvalue weighted by Gasteiger charge is -2.09. The second-order valence-corrected chi connectivity index (χ2v) is 5.45. The molecule has 0 saturated heterocycles. The molecule has 27 heavy (non-hydrogen) atoms. The van der Waals surface area contributed by atoms with E-state index < -0.39 is 24.4 Å². The van der Waals surface area contributed by atoms with Crippen molar-refractivity contribution < 1.29 is 28.2 Å². The van der Waals surface area contributed by atoms with Crippen LogP contribution in [-0.4, -0.2) is 38.0 Å². The summed E-state index contributed by atoms with van der Waals surface area (Å²) in [5.41, 5.74) is 0.991. The molecule has 0 spiro atoms. The molecule has 2 aromatic carbocycles. The minimum absolute atomic E-state index is 0.182. The van der Waals surface area contributed by atoms with Gasteiger partial charge in [-0.25, -0.2) is 4.39 Å². The Hall–Kier alpha value is -3.42. The number of methoxy groups -OCH3 is 1. The van der Waals surface area contributed by atoms with Crippen molar-refractivity contribution in [3.63, 3.8) is 0 Å². The molecule has 2 aromatic rings. The molecule has 142 valence electrons. The van der Waals surface area contributed by atoms with E-state index >= 15 is 0 Å². The van der Waals surface area contributed by atoms with Gasteiger partial charge in [0.25, 0.3) is 11.8 Å². The fourth-order valence-corrected chi connectivity index (χ4v) is 2.13. The summed E-state index contributed by atoms with van der Waals surface area (Å²) in [4.78, 5) is 35.4. The first-order chi connectivity index (χ1) is 13.0. The molecule has 8 heteroatoms. The van der Waals surface area contributed by atoms with Gasteiger partial charge in [0.1, 0.15) is 18.1 Å². The highest BCUT2D eigenvalue weighted by atomic mass is 19.1. The first-order valence-corrected chi connectivity index (χ1v) is 8.07. The van der Waals surface area contributed by atoms with E-state index in [0.29, 0.717) is 11.3 Å². The zero-order chi connectivity index (χ0) is 19.6. The summed E-state index contributed by atoms with van der Waals surface area (Å²) in [5.74, 6) is -1.75. The molecule has 0 unspecified atom stereocenters. The Balaban J connectivity index is 1.70. The first-order valence-electron chi connectivity index (χ1n) is 8.07. The van der Waals surface area contributed by atoms with Crippen molar-refractivity contribution >= 4 is 17.8 Å². The van der Waals surface area contributed by atoms with Crippen LogP contribution in [0.4, 0.5) is 4.39 Å². The predicted octanol–water partition coefficient (Wildman–Crippen LogP) is 1.42. The number of hydrogen-bond acceptors (Lipinski definition) is 5. The molecule has 0 fully saturated rings. The van der Waals surface area contributed by atoms with Crippen molar-refractivity contribution in [1.82, 2.24) is 10.6 Å². The Kier molecular flexibility index (Phi) is 7.30. The first kappa shape index (κ1) is 19.9. The third-order valence-electron chi connectivity index (χ3n) is 3.51. The summed E-state index contributed by atoms with van der Waals surface area (Å²) in [6.07, 6.45) is 0. The molecule has 0 aliphatic carbocycles. The number of hydrogen-bond donors (Lipinski definition) is 2. The number of carbonyl (C=O) groups is 3. The van der Waals surface area contributed by atoms with Crippen molar-refractivity contribution in [2.24, 2.45) is 0 Å². The van der Waals surface area contributed by atoms with Gasteiger partial charge in [0.15, 0.2) is 6.61 Å². The van der Waals surface area contributed by atoms with Crippen LogP contribution in [0.1, 0.15) is 15.9 Å². The molecule has 7 nitrogen and oxygen atoms in total. The van der Waals surface area contributed by atoms with E-state index in [2.05, 4.69) is 10.6 Å². The van der Waals surface area contributed by atoms with E-state index in [0.717, 1.165) is 0 Å². The van der Waals surface area contributed by atoms with Crippen LogP contribution >= 0.6 is 0 Å². The third-order valence-corrected chi connectivity index (χ3v) is 3.51. The van der Waals surface area contributed by atoms with E-state index in [9.17, 15) is 18.8 Å². The molecule has 0 atom stereocenters. The summed E-state index contributed by atoms with van der Waals surface area (Å²) in [5, 5.41) is 4.94. The smallest absolute Gasteiger partial charge is 0.325 e. The van der Waals surface area contributed by atoms with Gasteiger partial charge in [-0.05, 0) is 29.8 Å². The van der Waals surface area contributed by atoms with Crippen LogP contribution in [-0.2, 0) is 20.9 Å². The Labute approximate surface area is 155 Å². The third kappa shape index (κ3) is 6.43. The SMILES string of the molecule is COc1ccccc1C(=O)NCC(=O)OCC(=O)NCc1ccc(F)cc1. The molecule has 0 saturated carbocycles. The number of benzene rings is 2. The van der Waals surface area contributed by atoms with E-state index in [4.69, 9.17) is 9.47 Å². The maximum Gasteiger partial charge on any atom is 0.325 e. The fourth-order valence-electron chi connectivity index (χ4n) is 2.13. The normalized spacial score (nSPS) is 10.0. The summed E-state index contributed by atoms with van der Waals surface area (Å²) >= 11 is 0. The van der Waals surface area contributed by atoms with Gasteiger partial charge in [-0.3, -0.25) is 14.4 Å². The van der Waals surface area contributed by atoms with E-state index in [-0.39, 0.29) is 24.5 Å². The Morgan fingerprint density at radius 1 is 1.00 bits per heavy atom. The largest absolute Gasteiger partial charge is 0.496 e. The maximum absolute atomic E-state index is 12.8. The van der Waals surface area contributed by atoms with Crippen LogP contribution in [0, 0.1) is 5.82 Å². The minimum Gasteiger partial charge on any atom is -0.496 e. The average molecular weight is 374 g/mol. The molecule has 0 radical (unpaired) electrons. The molecule has 0 aliphatic rings. The highest BCUT2D eigenvalue weighted by Crippen LogP contribution is 2.16. The Morgan fingerprint density at radius 2 is 1.70 bits per heavy atom. The van der Waals surface area contributed by atoms with E-state index in [1.165, 1.54) is 31.4 Å². The van der Waals surface area contributed by atoms with Crippen molar-refractivity contribution in [2.45, 2.75) is 6.54 Å². The van der Waals surface area contributed by atoms with Crippen LogP contribution in [0.2, 0.25) is 0 Å². The second-order valence-electron chi connectivity index (χ2n) is 5.45. The maximum atomic E-state index is 12.8. The van der Waals surface area contributed by atoms with Crippen LogP contribution < -0.4 is 15.4 Å². The molecule has 0 aliphatic heterocycles. The zero-order valence-corrected chi connectivity index (χ0v) is 14.7. The second kappa shape index (κ2) is 9.91. The van der Waals surface area contributed by atoms with Gasteiger partial charge in [-0.2, -0.15) is 0 Å². The quantitative estimate of drug-likeness (QED) is 0.682. The number of nitrogens with one attached hydrogen (secondary N) is 2. The fraction of sp³-hybridized carbons (Fsp3) is 0.211. The van der Waals surface area contributed by atoms with Crippen LogP contribution in [0.15, 0.2) is 48.5 Å². The summed E-state index contributed by atoms with van der Waals surface area (Å²) in [7, 11) is 1.44. The van der Waals surface area contributed by atoms with E-state index in [1.54, 1.807) is 24.3 Å². The summed E-state index contributed by atoms with van der Waals surface area (Å²) < 4.78 is 22.7. The van der Waals surface area contributed by atoms with Gasteiger partial charge in [0, 0.05) is 6.54 Å². The van der Waals surface area contributed by atoms with E-state index in [1.807, 2.05) is 0 Å². The lowest BCUT2D eigenvalue weighted by molar-refractivity contribution is -0.147. The molecule has 0 aromatic heterocycles. The summed E-state index contributed by atoms with van der Waals surface area (Å²) in [6.45, 7) is -0.687. The van der Waals surface area contributed by atoms with Crippen molar-refractivity contribution in [2.75, 3.05) is 20.3 Å². The average Bonchev–Trinajstić information content (AvgIpc) is 2.69. The number of esters is 1. The number of halogens is 1. The molecule has 0 heterocycles. The molecule has 2 amide bonds. The Bertz CT molecular complexity index is 808. The van der Waals surface area contributed by atoms with Gasteiger partial charge < -0.3 is 20.1 Å². The number of amides is 2. The number of carbonyl (C=O) groups excluding carboxylic acids is 3. The summed E-state index contributed by atoms with van der Waals surface area (Å²) in [6, 6.07) is 12.2. The highest BCUT2D eigenvalue weighted by Gasteiger charge is 2.14. The highest BCUT2D eigenvalue weighted by molar-refractivity contribution is 5.98.